The van der Waals surface area contributed by atoms with Gasteiger partial charge in [0.1, 0.15) is 6.67 Å². The Bertz CT molecular complexity index is 689. The molecular formula is C17H24N6O2. The van der Waals surface area contributed by atoms with Gasteiger partial charge in [-0.15, -0.1) is 0 Å². The summed E-state index contributed by atoms with van der Waals surface area (Å²) < 4.78 is 5.66. The number of carbonyl (C=O) groups excluding carboxylic acids is 1. The van der Waals surface area contributed by atoms with Crippen LogP contribution >= 0.6 is 0 Å². The van der Waals surface area contributed by atoms with Crippen molar-refractivity contribution in [1.29, 1.82) is 0 Å². The van der Waals surface area contributed by atoms with Crippen molar-refractivity contribution in [2.45, 2.75) is 26.2 Å². The van der Waals surface area contributed by atoms with Crippen molar-refractivity contribution in [1.82, 2.24) is 20.2 Å². The van der Waals surface area contributed by atoms with Gasteiger partial charge in [0, 0.05) is 50.4 Å². The van der Waals surface area contributed by atoms with Crippen molar-refractivity contribution in [3.05, 3.63) is 24.0 Å². The van der Waals surface area contributed by atoms with Crippen molar-refractivity contribution in [2.24, 2.45) is 4.99 Å². The number of ether oxygens (including phenoxy) is 1. The van der Waals surface area contributed by atoms with Crippen LogP contribution in [0.5, 0.6) is 5.88 Å². The highest BCUT2D eigenvalue weighted by Gasteiger charge is 2.26. The minimum absolute atomic E-state index is 0.243. The highest BCUT2D eigenvalue weighted by atomic mass is 16.6. The van der Waals surface area contributed by atoms with E-state index in [1.54, 1.807) is 22.2 Å². The van der Waals surface area contributed by atoms with E-state index in [1.807, 2.05) is 33.0 Å². The number of hydrogen-bond acceptors (Lipinski definition) is 7. The van der Waals surface area contributed by atoms with E-state index in [0.29, 0.717) is 31.6 Å². The summed E-state index contributed by atoms with van der Waals surface area (Å²) in [5, 5.41) is 3.22. The molecule has 8 heteroatoms. The average Bonchev–Trinajstić information content (AvgIpc) is 2.62. The molecule has 134 valence electrons. The SMILES string of the molecule is CC(C)(C)c1cnc(N2C=CC=NC2)nc1OC(=O)N1CCNCC1. The maximum absolute atomic E-state index is 12.5. The number of carbonyl (C=O) groups is 1. The zero-order valence-electron chi connectivity index (χ0n) is 14.9. The van der Waals surface area contributed by atoms with Crippen LogP contribution in [0.15, 0.2) is 23.5 Å². The number of aliphatic imine (C=N–C) groups is 1. The second-order valence-corrected chi connectivity index (χ2v) is 7.03. The first kappa shape index (κ1) is 17.3. The minimum Gasteiger partial charge on any atom is -0.391 e. The van der Waals surface area contributed by atoms with Crippen LogP contribution in [-0.2, 0) is 5.41 Å². The molecule has 1 N–H and O–H groups in total. The molecule has 1 fully saturated rings. The number of nitrogens with zero attached hydrogens (tertiary/aromatic N) is 5. The van der Waals surface area contributed by atoms with E-state index in [9.17, 15) is 4.79 Å². The third-order valence-corrected chi connectivity index (χ3v) is 4.06. The molecule has 0 radical (unpaired) electrons. The Balaban J connectivity index is 1.86. The van der Waals surface area contributed by atoms with Gasteiger partial charge in [-0.3, -0.25) is 9.89 Å². The molecule has 0 atom stereocenters. The first-order chi connectivity index (χ1) is 11.9. The van der Waals surface area contributed by atoms with Gasteiger partial charge in [-0.05, 0) is 11.5 Å². The van der Waals surface area contributed by atoms with E-state index in [1.165, 1.54) is 0 Å². The molecule has 0 aromatic carbocycles. The fraction of sp³-hybridized carbons (Fsp3) is 0.529. The fourth-order valence-electron chi connectivity index (χ4n) is 2.60. The average molecular weight is 344 g/mol. The van der Waals surface area contributed by atoms with Gasteiger partial charge >= 0.3 is 6.09 Å². The van der Waals surface area contributed by atoms with Crippen LogP contribution in [0.2, 0.25) is 0 Å². The van der Waals surface area contributed by atoms with E-state index >= 15 is 0 Å². The Morgan fingerprint density at radius 2 is 2.04 bits per heavy atom. The molecule has 2 aliphatic rings. The van der Waals surface area contributed by atoms with E-state index in [4.69, 9.17) is 4.74 Å². The first-order valence-electron chi connectivity index (χ1n) is 8.43. The largest absolute Gasteiger partial charge is 0.416 e. The first-order valence-corrected chi connectivity index (χ1v) is 8.43. The van der Waals surface area contributed by atoms with Gasteiger partial charge in [0.05, 0.1) is 0 Å². The Labute approximate surface area is 147 Å². The summed E-state index contributed by atoms with van der Waals surface area (Å²) in [4.78, 5) is 29.1. The summed E-state index contributed by atoms with van der Waals surface area (Å²) in [6, 6.07) is 0. The van der Waals surface area contributed by atoms with E-state index in [2.05, 4.69) is 20.3 Å². The molecular weight excluding hydrogens is 320 g/mol. The molecule has 0 unspecified atom stereocenters. The van der Waals surface area contributed by atoms with Crippen LogP contribution in [0.3, 0.4) is 0 Å². The van der Waals surface area contributed by atoms with Crippen LogP contribution in [0.25, 0.3) is 0 Å². The van der Waals surface area contributed by atoms with Crippen LogP contribution in [0, 0.1) is 0 Å². The Hall–Kier alpha value is -2.48. The number of hydrogen-bond donors (Lipinski definition) is 1. The quantitative estimate of drug-likeness (QED) is 0.876. The molecule has 0 bridgehead atoms. The Morgan fingerprint density at radius 1 is 1.28 bits per heavy atom. The monoisotopic (exact) mass is 344 g/mol. The number of amides is 1. The van der Waals surface area contributed by atoms with Gasteiger partial charge in [0.2, 0.25) is 11.8 Å². The molecule has 0 saturated carbocycles. The third-order valence-electron chi connectivity index (χ3n) is 4.06. The summed E-state index contributed by atoms with van der Waals surface area (Å²) >= 11 is 0. The van der Waals surface area contributed by atoms with Crippen molar-refractivity contribution in [3.8, 4) is 5.88 Å². The number of rotatable bonds is 2. The molecule has 1 saturated heterocycles. The lowest BCUT2D eigenvalue weighted by atomic mass is 9.89. The highest BCUT2D eigenvalue weighted by molar-refractivity contribution is 5.73. The molecule has 3 heterocycles. The van der Waals surface area contributed by atoms with Crippen molar-refractivity contribution < 1.29 is 9.53 Å². The van der Waals surface area contributed by atoms with Crippen LogP contribution in [0.1, 0.15) is 26.3 Å². The molecule has 2 aliphatic heterocycles. The predicted octanol–water partition coefficient (Wildman–Crippen LogP) is 1.54. The third kappa shape index (κ3) is 4.14. The van der Waals surface area contributed by atoms with E-state index in [0.717, 1.165) is 18.7 Å². The standard InChI is InChI=1S/C17H24N6O2/c1-17(2,3)13-11-20-15(23-8-4-5-19-12-23)21-14(13)25-16(24)22-9-6-18-7-10-22/h4-5,8,11,18H,6-7,9-10,12H2,1-3H3. The fourth-order valence-corrected chi connectivity index (χ4v) is 2.60. The summed E-state index contributed by atoms with van der Waals surface area (Å²) in [6.07, 6.45) is 6.75. The zero-order valence-corrected chi connectivity index (χ0v) is 14.9. The predicted molar refractivity (Wildman–Crippen MR) is 96.2 cm³/mol. The van der Waals surface area contributed by atoms with Crippen molar-refractivity contribution in [2.75, 3.05) is 37.7 Å². The topological polar surface area (TPSA) is 83.0 Å². The lowest BCUT2D eigenvalue weighted by Gasteiger charge is -2.28. The smallest absolute Gasteiger partial charge is 0.391 e. The summed E-state index contributed by atoms with van der Waals surface area (Å²) in [6.45, 7) is 9.36. The lowest BCUT2D eigenvalue weighted by Crippen LogP contribution is -2.47. The number of aromatic nitrogens is 2. The Kier molecular flexibility index (Phi) is 4.98. The maximum Gasteiger partial charge on any atom is 0.416 e. The van der Waals surface area contributed by atoms with E-state index in [-0.39, 0.29) is 11.5 Å². The molecule has 25 heavy (non-hydrogen) atoms. The number of allylic oxidation sites excluding steroid dienone is 1. The van der Waals surface area contributed by atoms with Crippen LogP contribution < -0.4 is 15.0 Å². The summed E-state index contributed by atoms with van der Waals surface area (Å²) in [7, 11) is 0. The Morgan fingerprint density at radius 3 is 2.68 bits per heavy atom. The zero-order chi connectivity index (χ0) is 17.9. The van der Waals surface area contributed by atoms with E-state index < -0.39 is 0 Å². The minimum atomic E-state index is -0.371. The number of nitrogens with one attached hydrogen (secondary N) is 1. The van der Waals surface area contributed by atoms with Crippen molar-refractivity contribution in [3.63, 3.8) is 0 Å². The molecule has 1 amide bonds. The van der Waals surface area contributed by atoms with Gasteiger partial charge in [0.15, 0.2) is 0 Å². The molecule has 1 aromatic heterocycles. The van der Waals surface area contributed by atoms with Gasteiger partial charge in [-0.25, -0.2) is 9.78 Å². The molecule has 0 spiro atoms. The molecule has 3 rings (SSSR count). The lowest BCUT2D eigenvalue weighted by molar-refractivity contribution is 0.143. The van der Waals surface area contributed by atoms with Gasteiger partial charge in [-0.2, -0.15) is 4.98 Å². The van der Waals surface area contributed by atoms with Gasteiger partial charge in [0.25, 0.3) is 0 Å². The number of anilines is 1. The summed E-state index contributed by atoms with van der Waals surface area (Å²) in [5.74, 6) is 0.771. The highest BCUT2D eigenvalue weighted by Crippen LogP contribution is 2.31. The number of piperazine rings is 1. The maximum atomic E-state index is 12.5. The summed E-state index contributed by atoms with van der Waals surface area (Å²) in [5.41, 5.74) is 0.553. The molecule has 8 nitrogen and oxygen atoms in total. The second kappa shape index (κ2) is 7.18. The van der Waals surface area contributed by atoms with Gasteiger partial charge in [-0.1, -0.05) is 20.8 Å². The molecule has 1 aromatic rings. The second-order valence-electron chi connectivity index (χ2n) is 7.03. The normalized spacial score (nSPS) is 17.7. The van der Waals surface area contributed by atoms with Crippen molar-refractivity contribution >= 4 is 18.3 Å². The van der Waals surface area contributed by atoms with Gasteiger partial charge < -0.3 is 15.0 Å². The molecule has 0 aliphatic carbocycles. The van der Waals surface area contributed by atoms with Crippen LogP contribution in [-0.4, -0.2) is 60.0 Å². The van der Waals surface area contributed by atoms with Crippen LogP contribution in [0.4, 0.5) is 10.7 Å².